The molecule has 1 fully saturated rings. The summed E-state index contributed by atoms with van der Waals surface area (Å²) in [6, 6.07) is 4.95. The summed E-state index contributed by atoms with van der Waals surface area (Å²) in [5, 5.41) is 0.0713. The third-order valence-electron chi connectivity index (χ3n) is 4.19. The van der Waals surface area contributed by atoms with Gasteiger partial charge in [0.2, 0.25) is 5.91 Å². The Balaban J connectivity index is 1.56. The van der Waals surface area contributed by atoms with Crippen LogP contribution in [0.1, 0.15) is 23.1 Å². The second-order valence-electron chi connectivity index (χ2n) is 6.15. The molecule has 0 aromatic carbocycles. The Morgan fingerprint density at radius 2 is 1.92 bits per heavy atom. The lowest BCUT2D eigenvalue weighted by Gasteiger charge is -2.35. The van der Waals surface area contributed by atoms with Gasteiger partial charge in [0.1, 0.15) is 5.69 Å². The van der Waals surface area contributed by atoms with Crippen molar-refractivity contribution in [2.75, 3.05) is 26.2 Å². The molecule has 0 bridgehead atoms. The molecule has 26 heavy (non-hydrogen) atoms. The maximum Gasteiger partial charge on any atom is 0.270 e. The van der Waals surface area contributed by atoms with E-state index in [2.05, 4.69) is 15.0 Å². The Bertz CT molecular complexity index is 840. The molecule has 2 N–H and O–H groups in total. The topological polar surface area (TPSA) is 102 Å². The molecule has 0 saturated carbocycles. The van der Waals surface area contributed by atoms with Gasteiger partial charge in [-0.15, -0.1) is 0 Å². The Hall–Kier alpha value is -2.55. The zero-order valence-electron chi connectivity index (χ0n) is 14.7. The third-order valence-corrected chi connectivity index (χ3v) is 5.16. The number of hydrogen-bond donors (Lipinski definition) is 2. The number of aromatic nitrogens is 3. The Morgan fingerprint density at radius 1 is 1.23 bits per heavy atom. The first kappa shape index (κ1) is 18.2. The standard InChI is InChI=1S/C17H21N5O3S/c1-11-10-14(23)20-17(19-11)26-12(2)15(24)21-6-8-22(9-7-21)16(25)13-4-3-5-18-13/h3-5,10,12,18H,6-9H2,1-2H3,(H,19,20,23). The molecule has 1 aliphatic heterocycles. The van der Waals surface area contributed by atoms with Crippen molar-refractivity contribution in [3.05, 3.63) is 46.1 Å². The van der Waals surface area contributed by atoms with E-state index in [0.717, 1.165) is 0 Å². The maximum atomic E-state index is 12.7. The number of thioether (sulfide) groups is 1. The van der Waals surface area contributed by atoms with Crippen LogP contribution in [0.3, 0.4) is 0 Å². The lowest BCUT2D eigenvalue weighted by Crippen LogP contribution is -2.52. The van der Waals surface area contributed by atoms with Crippen LogP contribution < -0.4 is 5.56 Å². The molecule has 1 unspecified atom stereocenters. The molecule has 0 aliphatic carbocycles. The van der Waals surface area contributed by atoms with Crippen LogP contribution in [-0.2, 0) is 4.79 Å². The predicted molar refractivity (Wildman–Crippen MR) is 98.2 cm³/mol. The number of carbonyl (C=O) groups excluding carboxylic acids is 2. The van der Waals surface area contributed by atoms with Crippen molar-refractivity contribution in [1.29, 1.82) is 0 Å². The van der Waals surface area contributed by atoms with Crippen molar-refractivity contribution in [2.24, 2.45) is 0 Å². The summed E-state index contributed by atoms with van der Waals surface area (Å²) >= 11 is 1.24. The minimum atomic E-state index is -0.370. The number of nitrogens with zero attached hydrogens (tertiary/aromatic N) is 3. The number of hydrogen-bond acceptors (Lipinski definition) is 5. The minimum Gasteiger partial charge on any atom is -0.357 e. The molecule has 1 aliphatic rings. The Labute approximate surface area is 155 Å². The van der Waals surface area contributed by atoms with Gasteiger partial charge in [-0.3, -0.25) is 14.4 Å². The van der Waals surface area contributed by atoms with Gasteiger partial charge in [0.25, 0.3) is 11.5 Å². The van der Waals surface area contributed by atoms with Gasteiger partial charge < -0.3 is 19.8 Å². The highest BCUT2D eigenvalue weighted by atomic mass is 32.2. The third kappa shape index (κ3) is 4.16. The molecule has 1 saturated heterocycles. The second-order valence-corrected chi connectivity index (χ2v) is 7.48. The van der Waals surface area contributed by atoms with Crippen molar-refractivity contribution >= 4 is 23.6 Å². The number of H-pyrrole nitrogens is 2. The summed E-state index contributed by atoms with van der Waals surface area (Å²) in [6.45, 7) is 5.53. The number of amides is 2. The van der Waals surface area contributed by atoms with Crippen molar-refractivity contribution in [1.82, 2.24) is 24.8 Å². The monoisotopic (exact) mass is 375 g/mol. The van der Waals surface area contributed by atoms with E-state index >= 15 is 0 Å². The predicted octanol–water partition coefficient (Wildman–Crippen LogP) is 0.872. The highest BCUT2D eigenvalue weighted by Gasteiger charge is 2.28. The molecular formula is C17H21N5O3S. The first-order valence-corrected chi connectivity index (χ1v) is 9.28. The van der Waals surface area contributed by atoms with E-state index in [9.17, 15) is 14.4 Å². The fraction of sp³-hybridized carbons (Fsp3) is 0.412. The van der Waals surface area contributed by atoms with Gasteiger partial charge in [-0.25, -0.2) is 4.98 Å². The fourth-order valence-corrected chi connectivity index (χ4v) is 3.79. The summed E-state index contributed by atoms with van der Waals surface area (Å²) in [7, 11) is 0. The van der Waals surface area contributed by atoms with Gasteiger partial charge in [-0.05, 0) is 26.0 Å². The molecule has 0 spiro atoms. The number of rotatable bonds is 4. The van der Waals surface area contributed by atoms with Crippen LogP contribution in [0.4, 0.5) is 0 Å². The zero-order chi connectivity index (χ0) is 18.7. The van der Waals surface area contributed by atoms with Gasteiger partial charge in [0, 0.05) is 44.1 Å². The zero-order valence-corrected chi connectivity index (χ0v) is 15.5. The van der Waals surface area contributed by atoms with Gasteiger partial charge in [0.15, 0.2) is 5.16 Å². The van der Waals surface area contributed by atoms with Crippen molar-refractivity contribution in [2.45, 2.75) is 24.3 Å². The van der Waals surface area contributed by atoms with Gasteiger partial charge in [-0.1, -0.05) is 11.8 Å². The lowest BCUT2D eigenvalue weighted by molar-refractivity contribution is -0.131. The molecule has 9 heteroatoms. The minimum absolute atomic E-state index is 0.0221. The summed E-state index contributed by atoms with van der Waals surface area (Å²) < 4.78 is 0. The molecular weight excluding hydrogens is 354 g/mol. The lowest BCUT2D eigenvalue weighted by atomic mass is 10.2. The highest BCUT2D eigenvalue weighted by Crippen LogP contribution is 2.21. The molecule has 0 radical (unpaired) electrons. The van der Waals surface area contributed by atoms with E-state index in [0.29, 0.717) is 42.7 Å². The number of aromatic amines is 2. The van der Waals surface area contributed by atoms with Crippen molar-refractivity contribution in [3.63, 3.8) is 0 Å². The van der Waals surface area contributed by atoms with Crippen LogP contribution >= 0.6 is 11.8 Å². The van der Waals surface area contributed by atoms with E-state index < -0.39 is 0 Å². The van der Waals surface area contributed by atoms with E-state index in [1.54, 1.807) is 42.0 Å². The molecule has 2 aromatic rings. The first-order chi connectivity index (χ1) is 12.4. The van der Waals surface area contributed by atoms with E-state index in [1.165, 1.54) is 17.8 Å². The van der Waals surface area contributed by atoms with E-state index in [1.807, 2.05) is 0 Å². The summed E-state index contributed by atoms with van der Waals surface area (Å²) in [5.74, 6) is -0.0720. The summed E-state index contributed by atoms with van der Waals surface area (Å²) in [4.78, 5) is 49.8. The SMILES string of the molecule is Cc1cc(=O)[nH]c(SC(C)C(=O)N2CCN(C(=O)c3ccc[nH]3)CC2)n1. The number of carbonyl (C=O) groups is 2. The number of piperazine rings is 1. The molecule has 138 valence electrons. The smallest absolute Gasteiger partial charge is 0.270 e. The average Bonchev–Trinajstić information content (AvgIpc) is 3.14. The van der Waals surface area contributed by atoms with E-state index in [4.69, 9.17) is 0 Å². The van der Waals surface area contributed by atoms with Crippen LogP contribution in [-0.4, -0.2) is 68.0 Å². The maximum absolute atomic E-state index is 12.7. The van der Waals surface area contributed by atoms with Crippen molar-refractivity contribution < 1.29 is 9.59 Å². The van der Waals surface area contributed by atoms with Crippen molar-refractivity contribution in [3.8, 4) is 0 Å². The molecule has 1 atom stereocenters. The molecule has 2 amide bonds. The van der Waals surface area contributed by atoms with Gasteiger partial charge in [-0.2, -0.15) is 0 Å². The molecule has 3 heterocycles. The average molecular weight is 375 g/mol. The largest absolute Gasteiger partial charge is 0.357 e. The molecule has 2 aromatic heterocycles. The second kappa shape index (κ2) is 7.77. The van der Waals surface area contributed by atoms with Crippen LogP contribution in [0, 0.1) is 6.92 Å². The number of aryl methyl sites for hydroxylation is 1. The van der Waals surface area contributed by atoms with Crippen LogP contribution in [0.15, 0.2) is 34.3 Å². The van der Waals surface area contributed by atoms with Crippen LogP contribution in [0.25, 0.3) is 0 Å². The summed E-state index contributed by atoms with van der Waals surface area (Å²) in [6.07, 6.45) is 1.72. The van der Waals surface area contributed by atoms with E-state index in [-0.39, 0.29) is 22.6 Å². The first-order valence-electron chi connectivity index (χ1n) is 8.40. The van der Waals surface area contributed by atoms with Gasteiger partial charge >= 0.3 is 0 Å². The quantitative estimate of drug-likeness (QED) is 0.610. The summed E-state index contributed by atoms with van der Waals surface area (Å²) in [5.41, 5.74) is 0.951. The van der Waals surface area contributed by atoms with Crippen LogP contribution in [0.2, 0.25) is 0 Å². The normalized spacial score (nSPS) is 15.8. The number of nitrogens with one attached hydrogen (secondary N) is 2. The molecule has 8 nitrogen and oxygen atoms in total. The van der Waals surface area contributed by atoms with Gasteiger partial charge in [0.05, 0.1) is 5.25 Å². The Kier molecular flexibility index (Phi) is 5.46. The highest BCUT2D eigenvalue weighted by molar-refractivity contribution is 8.00. The van der Waals surface area contributed by atoms with Crippen LogP contribution in [0.5, 0.6) is 0 Å². The fourth-order valence-electron chi connectivity index (χ4n) is 2.85. The molecule has 3 rings (SSSR count). The Morgan fingerprint density at radius 3 is 2.54 bits per heavy atom.